The molecule has 0 saturated heterocycles. The summed E-state index contributed by atoms with van der Waals surface area (Å²) in [5.74, 6) is 0.353. The number of halogens is 3. The van der Waals surface area contributed by atoms with Crippen LogP contribution in [0.4, 0.5) is 4.39 Å². The lowest BCUT2D eigenvalue weighted by atomic mass is 10.1. The van der Waals surface area contributed by atoms with E-state index in [2.05, 4.69) is 20.9 Å². The van der Waals surface area contributed by atoms with E-state index in [4.69, 9.17) is 11.6 Å². The van der Waals surface area contributed by atoms with E-state index in [9.17, 15) is 4.39 Å². The SMILES string of the molecule is Cc1cccc(F)c1-n1c(C(C)Cl)nc2ccc(Br)cc21. The third-order valence-electron chi connectivity index (χ3n) is 3.41. The number of aryl methyl sites for hydroxylation is 1. The molecule has 0 radical (unpaired) electrons. The van der Waals surface area contributed by atoms with Crippen LogP contribution in [0, 0.1) is 12.7 Å². The number of aromatic nitrogens is 2. The third-order valence-corrected chi connectivity index (χ3v) is 4.10. The zero-order chi connectivity index (χ0) is 15.1. The van der Waals surface area contributed by atoms with Crippen molar-refractivity contribution in [2.45, 2.75) is 19.2 Å². The molecule has 3 rings (SSSR count). The zero-order valence-electron chi connectivity index (χ0n) is 11.6. The maximum Gasteiger partial charge on any atom is 0.147 e. The first-order valence-electron chi connectivity index (χ1n) is 6.56. The van der Waals surface area contributed by atoms with Crippen molar-refractivity contribution in [3.8, 4) is 5.69 Å². The van der Waals surface area contributed by atoms with Crippen LogP contribution in [0.3, 0.4) is 0 Å². The number of fused-ring (bicyclic) bond motifs is 1. The highest BCUT2D eigenvalue weighted by atomic mass is 79.9. The molecule has 2 aromatic carbocycles. The first-order chi connectivity index (χ1) is 9.99. The molecule has 108 valence electrons. The summed E-state index contributed by atoms with van der Waals surface area (Å²) < 4.78 is 17.1. The van der Waals surface area contributed by atoms with Crippen LogP contribution >= 0.6 is 27.5 Å². The number of para-hydroxylation sites is 1. The van der Waals surface area contributed by atoms with E-state index in [1.807, 2.05) is 42.7 Å². The van der Waals surface area contributed by atoms with E-state index in [1.54, 1.807) is 6.07 Å². The van der Waals surface area contributed by atoms with Gasteiger partial charge in [0.05, 0.1) is 22.1 Å². The zero-order valence-corrected chi connectivity index (χ0v) is 13.9. The Morgan fingerprint density at radius 3 is 2.71 bits per heavy atom. The van der Waals surface area contributed by atoms with Gasteiger partial charge in [0, 0.05) is 4.47 Å². The molecule has 3 aromatic rings. The van der Waals surface area contributed by atoms with Crippen LogP contribution < -0.4 is 0 Å². The Morgan fingerprint density at radius 1 is 1.29 bits per heavy atom. The van der Waals surface area contributed by atoms with Crippen molar-refractivity contribution in [3.05, 3.63) is 58.1 Å². The fourth-order valence-electron chi connectivity index (χ4n) is 2.48. The Labute approximate surface area is 135 Å². The second-order valence-electron chi connectivity index (χ2n) is 4.96. The van der Waals surface area contributed by atoms with Gasteiger partial charge in [0.15, 0.2) is 0 Å². The highest BCUT2D eigenvalue weighted by Gasteiger charge is 2.20. The maximum absolute atomic E-state index is 14.4. The molecule has 0 aliphatic carbocycles. The van der Waals surface area contributed by atoms with E-state index >= 15 is 0 Å². The molecule has 1 heterocycles. The van der Waals surface area contributed by atoms with Crippen LogP contribution in [0.15, 0.2) is 40.9 Å². The Kier molecular flexibility index (Phi) is 3.76. The molecule has 2 nitrogen and oxygen atoms in total. The molecule has 0 amide bonds. The highest BCUT2D eigenvalue weighted by Crippen LogP contribution is 2.32. The predicted molar refractivity (Wildman–Crippen MR) is 87.7 cm³/mol. The predicted octanol–water partition coefficient (Wildman–Crippen LogP) is 5.54. The fourth-order valence-corrected chi connectivity index (χ4v) is 2.97. The molecule has 0 fully saturated rings. The monoisotopic (exact) mass is 366 g/mol. The van der Waals surface area contributed by atoms with Gasteiger partial charge in [-0.15, -0.1) is 11.6 Å². The van der Waals surface area contributed by atoms with Crippen LogP contribution in [0.25, 0.3) is 16.7 Å². The standard InChI is InChI=1S/C16H13BrClFN2/c1-9-4-3-5-12(19)15(9)21-14-8-11(17)6-7-13(14)20-16(21)10(2)18/h3-8,10H,1-2H3. The fraction of sp³-hybridized carbons (Fsp3) is 0.188. The number of imidazole rings is 1. The Balaban J connectivity index is 2.44. The first-order valence-corrected chi connectivity index (χ1v) is 7.79. The number of hydrogen-bond donors (Lipinski definition) is 0. The summed E-state index contributed by atoms with van der Waals surface area (Å²) in [6.07, 6.45) is 0. The van der Waals surface area contributed by atoms with Crippen molar-refractivity contribution < 1.29 is 4.39 Å². The van der Waals surface area contributed by atoms with Gasteiger partial charge in [0.2, 0.25) is 0 Å². The van der Waals surface area contributed by atoms with Crippen LogP contribution in [-0.4, -0.2) is 9.55 Å². The van der Waals surface area contributed by atoms with Crippen LogP contribution in [-0.2, 0) is 0 Å². The first kappa shape index (κ1) is 14.5. The van der Waals surface area contributed by atoms with E-state index in [1.165, 1.54) is 6.07 Å². The summed E-state index contributed by atoms with van der Waals surface area (Å²) in [5, 5.41) is -0.324. The molecule has 0 saturated carbocycles. The van der Waals surface area contributed by atoms with Gasteiger partial charge in [0.25, 0.3) is 0 Å². The molecule has 21 heavy (non-hydrogen) atoms. The minimum atomic E-state index is -0.324. The van der Waals surface area contributed by atoms with Crippen molar-refractivity contribution in [3.63, 3.8) is 0 Å². The number of hydrogen-bond acceptors (Lipinski definition) is 1. The molecule has 0 bridgehead atoms. The molecule has 0 aliphatic heterocycles. The van der Waals surface area contributed by atoms with Crippen molar-refractivity contribution in [1.82, 2.24) is 9.55 Å². The molecule has 0 spiro atoms. The Bertz CT molecular complexity index is 806. The van der Waals surface area contributed by atoms with E-state index in [0.29, 0.717) is 11.5 Å². The lowest BCUT2D eigenvalue weighted by Gasteiger charge is -2.14. The van der Waals surface area contributed by atoms with Gasteiger partial charge in [-0.25, -0.2) is 9.37 Å². The summed E-state index contributed by atoms with van der Waals surface area (Å²) >= 11 is 9.71. The van der Waals surface area contributed by atoms with Crippen molar-refractivity contribution in [2.75, 3.05) is 0 Å². The van der Waals surface area contributed by atoms with Crippen molar-refractivity contribution in [1.29, 1.82) is 0 Å². The second kappa shape index (κ2) is 5.43. The highest BCUT2D eigenvalue weighted by molar-refractivity contribution is 9.10. The molecule has 0 N–H and O–H groups in total. The van der Waals surface area contributed by atoms with Gasteiger partial charge >= 0.3 is 0 Å². The summed E-state index contributed by atoms with van der Waals surface area (Å²) in [7, 11) is 0. The largest absolute Gasteiger partial charge is 0.292 e. The number of nitrogens with zero attached hydrogens (tertiary/aromatic N) is 2. The van der Waals surface area contributed by atoms with E-state index in [0.717, 1.165) is 21.1 Å². The van der Waals surface area contributed by atoms with E-state index in [-0.39, 0.29) is 11.2 Å². The quantitative estimate of drug-likeness (QED) is 0.544. The average molecular weight is 368 g/mol. The second-order valence-corrected chi connectivity index (χ2v) is 6.53. The van der Waals surface area contributed by atoms with Gasteiger partial charge < -0.3 is 0 Å². The average Bonchev–Trinajstić information content (AvgIpc) is 2.78. The Morgan fingerprint density at radius 2 is 2.05 bits per heavy atom. The van der Waals surface area contributed by atoms with Gasteiger partial charge in [-0.1, -0.05) is 28.1 Å². The minimum Gasteiger partial charge on any atom is -0.292 e. The van der Waals surface area contributed by atoms with Gasteiger partial charge in [0.1, 0.15) is 11.6 Å². The minimum absolute atomic E-state index is 0.284. The lowest BCUT2D eigenvalue weighted by Crippen LogP contribution is -2.06. The van der Waals surface area contributed by atoms with Crippen LogP contribution in [0.5, 0.6) is 0 Å². The van der Waals surface area contributed by atoms with Gasteiger partial charge in [-0.2, -0.15) is 0 Å². The Hall–Kier alpha value is -1.39. The topological polar surface area (TPSA) is 17.8 Å². The molecule has 1 aromatic heterocycles. The molecular weight excluding hydrogens is 355 g/mol. The van der Waals surface area contributed by atoms with Gasteiger partial charge in [-0.05, 0) is 43.7 Å². The third kappa shape index (κ3) is 2.47. The van der Waals surface area contributed by atoms with Gasteiger partial charge in [-0.3, -0.25) is 4.57 Å². The van der Waals surface area contributed by atoms with Crippen LogP contribution in [0.2, 0.25) is 0 Å². The summed E-state index contributed by atoms with van der Waals surface area (Å²) in [4.78, 5) is 4.56. The maximum atomic E-state index is 14.4. The smallest absolute Gasteiger partial charge is 0.147 e. The van der Waals surface area contributed by atoms with E-state index < -0.39 is 0 Å². The number of alkyl halides is 1. The molecule has 1 atom stereocenters. The van der Waals surface area contributed by atoms with Crippen LogP contribution in [0.1, 0.15) is 23.7 Å². The lowest BCUT2D eigenvalue weighted by molar-refractivity contribution is 0.615. The summed E-state index contributed by atoms with van der Waals surface area (Å²) in [6, 6.07) is 10.8. The molecule has 0 aliphatic rings. The molecule has 1 unspecified atom stereocenters. The van der Waals surface area contributed by atoms with Crippen molar-refractivity contribution in [2.24, 2.45) is 0 Å². The number of benzene rings is 2. The summed E-state index contributed by atoms with van der Waals surface area (Å²) in [5.41, 5.74) is 2.97. The molecule has 5 heteroatoms. The normalized spacial score (nSPS) is 12.8. The van der Waals surface area contributed by atoms with Crippen molar-refractivity contribution >= 4 is 38.6 Å². The molecular formula is C16H13BrClFN2. The summed E-state index contributed by atoms with van der Waals surface area (Å²) in [6.45, 7) is 3.72. The number of rotatable bonds is 2.